The summed E-state index contributed by atoms with van der Waals surface area (Å²) in [6.45, 7) is 3.84. The molecule has 0 fully saturated rings. The van der Waals surface area contributed by atoms with E-state index in [1.54, 1.807) is 24.5 Å². The molecular formula is C12H12N2O2. The highest BCUT2D eigenvalue weighted by molar-refractivity contribution is 5.88. The van der Waals surface area contributed by atoms with E-state index >= 15 is 0 Å². The Morgan fingerprint density at radius 1 is 1.38 bits per heavy atom. The molecule has 1 aromatic heterocycles. The zero-order valence-corrected chi connectivity index (χ0v) is 9.14. The minimum Gasteiger partial charge on any atom is -0.478 e. The van der Waals surface area contributed by atoms with Crippen LogP contribution in [0.2, 0.25) is 0 Å². The van der Waals surface area contributed by atoms with Gasteiger partial charge >= 0.3 is 5.97 Å². The Morgan fingerprint density at radius 2 is 2.12 bits per heavy atom. The molecule has 0 saturated carbocycles. The molecule has 4 nitrogen and oxygen atoms in total. The first-order valence-corrected chi connectivity index (χ1v) is 4.93. The molecule has 82 valence electrons. The smallest absolute Gasteiger partial charge is 0.335 e. The maximum Gasteiger partial charge on any atom is 0.335 e. The highest BCUT2D eigenvalue weighted by Gasteiger charge is 2.07. The van der Waals surface area contributed by atoms with Gasteiger partial charge in [-0.25, -0.2) is 9.78 Å². The van der Waals surface area contributed by atoms with Crippen LogP contribution in [0, 0.1) is 13.8 Å². The lowest BCUT2D eigenvalue weighted by Crippen LogP contribution is -2.00. The number of aromatic carboxylic acids is 1. The van der Waals surface area contributed by atoms with Gasteiger partial charge in [-0.3, -0.25) is 0 Å². The molecule has 0 amide bonds. The molecule has 0 atom stereocenters. The third-order valence-electron chi connectivity index (χ3n) is 2.45. The normalized spacial score (nSPS) is 10.4. The minimum atomic E-state index is -0.918. The predicted octanol–water partition coefficient (Wildman–Crippen LogP) is 2.19. The number of carboxylic acid groups (broad SMARTS) is 1. The number of rotatable bonds is 2. The number of nitrogens with zero attached hydrogens (tertiary/aromatic N) is 2. The van der Waals surface area contributed by atoms with Gasteiger partial charge in [0.15, 0.2) is 0 Å². The quantitative estimate of drug-likeness (QED) is 0.837. The lowest BCUT2D eigenvalue weighted by Gasteiger charge is -2.07. The number of imidazole rings is 1. The zero-order chi connectivity index (χ0) is 11.7. The van der Waals surface area contributed by atoms with E-state index in [4.69, 9.17) is 5.11 Å². The van der Waals surface area contributed by atoms with Gasteiger partial charge in [-0.15, -0.1) is 0 Å². The van der Waals surface area contributed by atoms with E-state index in [1.807, 2.05) is 24.6 Å². The Hall–Kier alpha value is -2.10. The summed E-state index contributed by atoms with van der Waals surface area (Å²) < 4.78 is 1.83. The van der Waals surface area contributed by atoms with Gasteiger partial charge in [0.05, 0.1) is 23.3 Å². The molecule has 0 saturated heterocycles. The average Bonchev–Trinajstić information content (AvgIpc) is 2.65. The van der Waals surface area contributed by atoms with Gasteiger partial charge in [-0.2, -0.15) is 0 Å². The lowest BCUT2D eigenvalue weighted by atomic mass is 10.1. The van der Waals surface area contributed by atoms with Gasteiger partial charge in [0, 0.05) is 6.20 Å². The Balaban J connectivity index is 2.55. The van der Waals surface area contributed by atoms with Gasteiger partial charge in [-0.1, -0.05) is 6.07 Å². The molecule has 0 unspecified atom stereocenters. The maximum atomic E-state index is 10.9. The third-order valence-corrected chi connectivity index (χ3v) is 2.45. The van der Waals surface area contributed by atoms with E-state index < -0.39 is 5.97 Å². The third kappa shape index (κ3) is 1.82. The molecular weight excluding hydrogens is 204 g/mol. The highest BCUT2D eigenvalue weighted by Crippen LogP contribution is 2.16. The summed E-state index contributed by atoms with van der Waals surface area (Å²) in [5.74, 6) is -0.918. The first kappa shape index (κ1) is 10.4. The van der Waals surface area contributed by atoms with Crippen LogP contribution in [-0.2, 0) is 0 Å². The minimum absolute atomic E-state index is 0.284. The average molecular weight is 216 g/mol. The first-order valence-electron chi connectivity index (χ1n) is 4.93. The molecule has 4 heteroatoms. The first-order chi connectivity index (χ1) is 7.58. The SMILES string of the molecule is Cc1cn(-c2cc(C(=O)O)ccc2C)cn1. The molecule has 0 bridgehead atoms. The number of aromatic nitrogens is 2. The van der Waals surface area contributed by atoms with Crippen molar-refractivity contribution in [2.24, 2.45) is 0 Å². The van der Waals surface area contributed by atoms with Crippen LogP contribution >= 0.6 is 0 Å². The van der Waals surface area contributed by atoms with Crippen molar-refractivity contribution in [3.8, 4) is 5.69 Å². The monoisotopic (exact) mass is 216 g/mol. The molecule has 1 aromatic carbocycles. The van der Waals surface area contributed by atoms with Crippen LogP contribution in [0.1, 0.15) is 21.6 Å². The predicted molar refractivity (Wildman–Crippen MR) is 60.0 cm³/mol. The standard InChI is InChI=1S/C12H12N2O2/c1-8-3-4-10(12(15)16)5-11(8)14-6-9(2)13-7-14/h3-7H,1-2H3,(H,15,16). The second-order valence-electron chi connectivity index (χ2n) is 3.73. The summed E-state index contributed by atoms with van der Waals surface area (Å²) in [5.41, 5.74) is 3.05. The van der Waals surface area contributed by atoms with Crippen molar-refractivity contribution in [1.29, 1.82) is 0 Å². The molecule has 0 radical (unpaired) electrons. The summed E-state index contributed by atoms with van der Waals surface area (Å²) in [6.07, 6.45) is 3.55. The van der Waals surface area contributed by atoms with Crippen LogP contribution in [-0.4, -0.2) is 20.6 Å². The molecule has 1 heterocycles. The second-order valence-corrected chi connectivity index (χ2v) is 3.73. The number of aryl methyl sites for hydroxylation is 2. The van der Waals surface area contributed by atoms with Gasteiger partial charge in [-0.05, 0) is 31.5 Å². The Bertz CT molecular complexity index is 544. The van der Waals surface area contributed by atoms with Crippen molar-refractivity contribution in [2.75, 3.05) is 0 Å². The van der Waals surface area contributed by atoms with Crippen LogP contribution in [0.25, 0.3) is 5.69 Å². The number of carbonyl (C=O) groups is 1. The highest BCUT2D eigenvalue weighted by atomic mass is 16.4. The van der Waals surface area contributed by atoms with Crippen LogP contribution in [0.3, 0.4) is 0 Å². The van der Waals surface area contributed by atoms with Crippen molar-refractivity contribution >= 4 is 5.97 Å². The van der Waals surface area contributed by atoms with E-state index in [9.17, 15) is 4.79 Å². The van der Waals surface area contributed by atoms with Gasteiger partial charge in [0.1, 0.15) is 0 Å². The van der Waals surface area contributed by atoms with Crippen LogP contribution < -0.4 is 0 Å². The van der Waals surface area contributed by atoms with Crippen LogP contribution in [0.15, 0.2) is 30.7 Å². The number of carboxylic acids is 1. The van der Waals surface area contributed by atoms with E-state index in [0.717, 1.165) is 16.9 Å². The zero-order valence-electron chi connectivity index (χ0n) is 9.14. The molecule has 2 rings (SSSR count). The fraction of sp³-hybridized carbons (Fsp3) is 0.167. The van der Waals surface area contributed by atoms with Crippen molar-refractivity contribution in [1.82, 2.24) is 9.55 Å². The molecule has 1 N–H and O–H groups in total. The maximum absolute atomic E-state index is 10.9. The van der Waals surface area contributed by atoms with Crippen molar-refractivity contribution in [3.63, 3.8) is 0 Å². The number of hydrogen-bond acceptors (Lipinski definition) is 2. The van der Waals surface area contributed by atoms with Crippen molar-refractivity contribution in [3.05, 3.63) is 47.5 Å². The molecule has 2 aromatic rings. The molecule has 16 heavy (non-hydrogen) atoms. The number of benzene rings is 1. The Labute approximate surface area is 93.2 Å². The second kappa shape index (κ2) is 3.81. The van der Waals surface area contributed by atoms with Crippen molar-refractivity contribution in [2.45, 2.75) is 13.8 Å². The van der Waals surface area contributed by atoms with E-state index in [2.05, 4.69) is 4.98 Å². The van der Waals surface area contributed by atoms with Gasteiger partial charge < -0.3 is 9.67 Å². The fourth-order valence-electron chi connectivity index (χ4n) is 1.57. The summed E-state index contributed by atoms with van der Waals surface area (Å²) in [6, 6.07) is 5.05. The summed E-state index contributed by atoms with van der Waals surface area (Å²) in [5, 5.41) is 8.93. The fourth-order valence-corrected chi connectivity index (χ4v) is 1.57. The summed E-state index contributed by atoms with van der Waals surface area (Å²) in [4.78, 5) is 15.0. The van der Waals surface area contributed by atoms with Gasteiger partial charge in [0.25, 0.3) is 0 Å². The Morgan fingerprint density at radius 3 is 2.69 bits per heavy atom. The summed E-state index contributed by atoms with van der Waals surface area (Å²) >= 11 is 0. The van der Waals surface area contributed by atoms with E-state index in [0.29, 0.717) is 0 Å². The molecule has 0 aliphatic heterocycles. The van der Waals surface area contributed by atoms with Crippen LogP contribution in [0.4, 0.5) is 0 Å². The van der Waals surface area contributed by atoms with E-state index in [-0.39, 0.29) is 5.56 Å². The van der Waals surface area contributed by atoms with Crippen LogP contribution in [0.5, 0.6) is 0 Å². The lowest BCUT2D eigenvalue weighted by molar-refractivity contribution is 0.0697. The largest absolute Gasteiger partial charge is 0.478 e. The molecule has 0 aliphatic carbocycles. The Kier molecular flexibility index (Phi) is 2.48. The molecule has 0 spiro atoms. The topological polar surface area (TPSA) is 55.1 Å². The van der Waals surface area contributed by atoms with Gasteiger partial charge in [0.2, 0.25) is 0 Å². The van der Waals surface area contributed by atoms with E-state index in [1.165, 1.54) is 0 Å². The molecule has 0 aliphatic rings. The summed E-state index contributed by atoms with van der Waals surface area (Å²) in [7, 11) is 0. The number of hydrogen-bond donors (Lipinski definition) is 1. The van der Waals surface area contributed by atoms with Crippen molar-refractivity contribution < 1.29 is 9.90 Å².